The van der Waals surface area contributed by atoms with Crippen molar-refractivity contribution in [3.63, 3.8) is 0 Å². The van der Waals surface area contributed by atoms with E-state index in [1.54, 1.807) is 6.26 Å². The van der Waals surface area contributed by atoms with Gasteiger partial charge in [0, 0.05) is 0 Å². The third kappa shape index (κ3) is 4.14. The summed E-state index contributed by atoms with van der Waals surface area (Å²) >= 11 is 0. The highest BCUT2D eigenvalue weighted by Gasteiger charge is 2.27. The lowest BCUT2D eigenvalue weighted by Gasteiger charge is -2.30. The van der Waals surface area contributed by atoms with Crippen LogP contribution in [0.15, 0.2) is 12.3 Å². The van der Waals surface area contributed by atoms with Gasteiger partial charge in [-0.1, -0.05) is 19.3 Å². The van der Waals surface area contributed by atoms with E-state index in [0.717, 1.165) is 32.1 Å². The van der Waals surface area contributed by atoms with E-state index in [1.807, 2.05) is 19.9 Å². The van der Waals surface area contributed by atoms with E-state index in [0.29, 0.717) is 0 Å². The van der Waals surface area contributed by atoms with Crippen LogP contribution in [0.1, 0.15) is 52.4 Å². The molecule has 1 aliphatic rings. The molecule has 0 radical (unpaired) electrons. The highest BCUT2D eigenvalue weighted by Crippen LogP contribution is 2.30. The molecule has 82 valence electrons. The first-order valence-corrected chi connectivity index (χ1v) is 5.65. The standard InChI is InChI=1S/C12H22O2/c1-11(2)14-10-6-9-12(13)7-4-3-5-8-12/h6,10-11,13H,3-5,7-9H2,1-2H3. The molecule has 0 aromatic rings. The Morgan fingerprint density at radius 2 is 1.93 bits per heavy atom. The van der Waals surface area contributed by atoms with Crippen LogP contribution in [0.25, 0.3) is 0 Å². The zero-order chi connectivity index (χ0) is 10.4. The maximum atomic E-state index is 10.1. The highest BCUT2D eigenvalue weighted by atomic mass is 16.5. The Labute approximate surface area is 87.0 Å². The van der Waals surface area contributed by atoms with Gasteiger partial charge in [-0.3, -0.25) is 0 Å². The average Bonchev–Trinajstić information content (AvgIpc) is 2.14. The van der Waals surface area contributed by atoms with Crippen LogP contribution >= 0.6 is 0 Å². The van der Waals surface area contributed by atoms with Crippen LogP contribution in [0.4, 0.5) is 0 Å². The monoisotopic (exact) mass is 198 g/mol. The van der Waals surface area contributed by atoms with Crippen LogP contribution in [0.3, 0.4) is 0 Å². The second kappa shape index (κ2) is 5.40. The predicted molar refractivity (Wildman–Crippen MR) is 58.0 cm³/mol. The highest BCUT2D eigenvalue weighted by molar-refractivity contribution is 4.90. The second-order valence-corrected chi connectivity index (χ2v) is 4.55. The summed E-state index contributed by atoms with van der Waals surface area (Å²) in [5.74, 6) is 0. The van der Waals surface area contributed by atoms with Crippen molar-refractivity contribution in [1.29, 1.82) is 0 Å². The first-order chi connectivity index (χ1) is 6.62. The minimum atomic E-state index is -0.449. The quantitative estimate of drug-likeness (QED) is 0.704. The molecule has 0 aromatic heterocycles. The number of hydrogen-bond donors (Lipinski definition) is 1. The fourth-order valence-corrected chi connectivity index (χ4v) is 1.89. The predicted octanol–water partition coefficient (Wildman–Crippen LogP) is 3.01. The molecule has 0 amide bonds. The van der Waals surface area contributed by atoms with Gasteiger partial charge in [-0.15, -0.1) is 0 Å². The molecule has 0 heterocycles. The summed E-state index contributed by atoms with van der Waals surface area (Å²) in [4.78, 5) is 0. The van der Waals surface area contributed by atoms with Gasteiger partial charge in [0.25, 0.3) is 0 Å². The van der Waals surface area contributed by atoms with Gasteiger partial charge in [0.1, 0.15) is 0 Å². The van der Waals surface area contributed by atoms with Crippen molar-refractivity contribution in [2.24, 2.45) is 0 Å². The summed E-state index contributed by atoms with van der Waals surface area (Å²) in [7, 11) is 0. The fourth-order valence-electron chi connectivity index (χ4n) is 1.89. The van der Waals surface area contributed by atoms with Crippen LogP contribution in [0.2, 0.25) is 0 Å². The summed E-state index contributed by atoms with van der Waals surface area (Å²) < 4.78 is 5.29. The molecule has 1 fully saturated rings. The largest absolute Gasteiger partial charge is 0.499 e. The molecule has 0 spiro atoms. The van der Waals surface area contributed by atoms with Gasteiger partial charge >= 0.3 is 0 Å². The Bertz CT molecular complexity index is 179. The molecule has 1 rings (SSSR count). The van der Waals surface area contributed by atoms with Crippen molar-refractivity contribution in [1.82, 2.24) is 0 Å². The van der Waals surface area contributed by atoms with Crippen LogP contribution < -0.4 is 0 Å². The fraction of sp³-hybridized carbons (Fsp3) is 0.833. The third-order valence-corrected chi connectivity index (χ3v) is 2.73. The first kappa shape index (κ1) is 11.6. The van der Waals surface area contributed by atoms with E-state index >= 15 is 0 Å². The zero-order valence-electron chi connectivity index (χ0n) is 9.33. The lowest BCUT2D eigenvalue weighted by atomic mass is 9.83. The summed E-state index contributed by atoms with van der Waals surface area (Å²) in [6, 6.07) is 0. The van der Waals surface area contributed by atoms with Gasteiger partial charge < -0.3 is 9.84 Å². The minimum Gasteiger partial charge on any atom is -0.499 e. The van der Waals surface area contributed by atoms with E-state index in [-0.39, 0.29) is 6.10 Å². The van der Waals surface area contributed by atoms with Crippen LogP contribution in [0, 0.1) is 0 Å². The lowest BCUT2D eigenvalue weighted by Crippen LogP contribution is -2.30. The van der Waals surface area contributed by atoms with Crippen LogP contribution in [0.5, 0.6) is 0 Å². The van der Waals surface area contributed by atoms with Crippen molar-refractivity contribution in [2.75, 3.05) is 0 Å². The maximum Gasteiger partial charge on any atom is 0.0922 e. The molecule has 2 nitrogen and oxygen atoms in total. The minimum absolute atomic E-state index is 0.229. The van der Waals surface area contributed by atoms with Crippen molar-refractivity contribution in [2.45, 2.75) is 64.1 Å². The third-order valence-electron chi connectivity index (χ3n) is 2.73. The van der Waals surface area contributed by atoms with Crippen molar-refractivity contribution >= 4 is 0 Å². The maximum absolute atomic E-state index is 10.1. The smallest absolute Gasteiger partial charge is 0.0922 e. The van der Waals surface area contributed by atoms with Gasteiger partial charge in [-0.05, 0) is 39.2 Å². The molecule has 1 saturated carbocycles. The molecule has 14 heavy (non-hydrogen) atoms. The molecule has 0 bridgehead atoms. The molecule has 0 aliphatic heterocycles. The number of rotatable bonds is 4. The summed E-state index contributed by atoms with van der Waals surface area (Å²) in [6.07, 6.45) is 10.1. The first-order valence-electron chi connectivity index (χ1n) is 5.65. The van der Waals surface area contributed by atoms with Crippen LogP contribution in [-0.4, -0.2) is 16.8 Å². The van der Waals surface area contributed by atoms with Gasteiger partial charge in [-0.25, -0.2) is 0 Å². The molecule has 1 aliphatic carbocycles. The summed E-state index contributed by atoms with van der Waals surface area (Å²) in [6.45, 7) is 4.00. The Kier molecular flexibility index (Phi) is 4.46. The number of ether oxygens (including phenoxy) is 1. The Balaban J connectivity index is 2.24. The van der Waals surface area contributed by atoms with Crippen molar-refractivity contribution in [3.8, 4) is 0 Å². The van der Waals surface area contributed by atoms with Gasteiger partial charge in [0.05, 0.1) is 18.0 Å². The van der Waals surface area contributed by atoms with E-state index < -0.39 is 5.60 Å². The van der Waals surface area contributed by atoms with Gasteiger partial charge in [-0.2, -0.15) is 0 Å². The molecule has 0 atom stereocenters. The molecule has 2 heteroatoms. The van der Waals surface area contributed by atoms with E-state index in [4.69, 9.17) is 4.74 Å². The Morgan fingerprint density at radius 3 is 2.50 bits per heavy atom. The topological polar surface area (TPSA) is 29.5 Å². The van der Waals surface area contributed by atoms with E-state index in [2.05, 4.69) is 0 Å². The molecule has 0 saturated heterocycles. The average molecular weight is 198 g/mol. The van der Waals surface area contributed by atoms with Crippen molar-refractivity contribution < 1.29 is 9.84 Å². The number of hydrogen-bond acceptors (Lipinski definition) is 2. The molecule has 0 unspecified atom stereocenters. The Morgan fingerprint density at radius 1 is 1.29 bits per heavy atom. The summed E-state index contributed by atoms with van der Waals surface area (Å²) in [5, 5.41) is 10.1. The van der Waals surface area contributed by atoms with Gasteiger partial charge in [0.15, 0.2) is 0 Å². The van der Waals surface area contributed by atoms with Crippen molar-refractivity contribution in [3.05, 3.63) is 12.3 Å². The van der Waals surface area contributed by atoms with Crippen LogP contribution in [-0.2, 0) is 4.74 Å². The molecule has 1 N–H and O–H groups in total. The molecular weight excluding hydrogens is 176 g/mol. The second-order valence-electron chi connectivity index (χ2n) is 4.55. The molecular formula is C12H22O2. The summed E-state index contributed by atoms with van der Waals surface area (Å²) in [5.41, 5.74) is -0.449. The number of aliphatic hydroxyl groups is 1. The SMILES string of the molecule is CC(C)OC=CCC1(O)CCCCC1. The molecule has 0 aromatic carbocycles. The lowest BCUT2D eigenvalue weighted by molar-refractivity contribution is 0.00618. The van der Waals surface area contributed by atoms with E-state index in [9.17, 15) is 5.11 Å². The van der Waals surface area contributed by atoms with Gasteiger partial charge in [0.2, 0.25) is 0 Å². The Hall–Kier alpha value is -0.500. The normalized spacial score (nSPS) is 21.7. The zero-order valence-corrected chi connectivity index (χ0v) is 9.33. The van der Waals surface area contributed by atoms with E-state index in [1.165, 1.54) is 6.42 Å².